The zero-order valence-electron chi connectivity index (χ0n) is 15.6. The Balaban J connectivity index is 1.85. The van der Waals surface area contributed by atoms with Gasteiger partial charge in [0.05, 0.1) is 31.5 Å². The average Bonchev–Trinajstić information content (AvgIpc) is 3.36. The van der Waals surface area contributed by atoms with Gasteiger partial charge >= 0.3 is 0 Å². The molecule has 1 aliphatic rings. The molecule has 2 aromatic heterocycles. The van der Waals surface area contributed by atoms with Crippen LogP contribution in [0.25, 0.3) is 5.76 Å². The van der Waals surface area contributed by atoms with Crippen LogP contribution in [0.5, 0.6) is 5.75 Å². The number of nitrogens with zero attached hydrogens (tertiary/aromatic N) is 2. The van der Waals surface area contributed by atoms with E-state index >= 15 is 0 Å². The van der Waals surface area contributed by atoms with E-state index in [-0.39, 0.29) is 17.9 Å². The molecule has 0 saturated carbocycles. The third kappa shape index (κ3) is 3.38. The van der Waals surface area contributed by atoms with Crippen LogP contribution in [0.1, 0.15) is 22.9 Å². The highest BCUT2D eigenvalue weighted by Crippen LogP contribution is 2.40. The van der Waals surface area contributed by atoms with Crippen LogP contribution < -0.4 is 4.74 Å². The summed E-state index contributed by atoms with van der Waals surface area (Å²) in [5.74, 6) is -0.502. The Labute approximate surface area is 166 Å². The van der Waals surface area contributed by atoms with Crippen LogP contribution >= 0.6 is 0 Å². The SMILES string of the molecule is COc1ccc(C2/C(=C(/O)c3ccncc3)C(=O)C(=O)N2Cc2ccco2)cc1. The molecule has 0 aliphatic carbocycles. The van der Waals surface area contributed by atoms with Gasteiger partial charge in [0, 0.05) is 18.0 Å². The van der Waals surface area contributed by atoms with E-state index in [1.54, 1.807) is 55.6 Å². The number of carbonyl (C=O) groups is 2. The first-order valence-electron chi connectivity index (χ1n) is 8.95. The van der Waals surface area contributed by atoms with Gasteiger partial charge in [-0.2, -0.15) is 0 Å². The van der Waals surface area contributed by atoms with Gasteiger partial charge in [0.1, 0.15) is 17.3 Å². The molecular weight excluding hydrogens is 372 g/mol. The minimum absolute atomic E-state index is 0.0259. The maximum absolute atomic E-state index is 12.9. The number of amides is 1. The topological polar surface area (TPSA) is 92.9 Å². The fourth-order valence-corrected chi connectivity index (χ4v) is 3.41. The van der Waals surface area contributed by atoms with Crippen LogP contribution in [0.3, 0.4) is 0 Å². The lowest BCUT2D eigenvalue weighted by Gasteiger charge is -2.24. The highest BCUT2D eigenvalue weighted by atomic mass is 16.5. The van der Waals surface area contributed by atoms with Crippen molar-refractivity contribution in [2.24, 2.45) is 0 Å². The van der Waals surface area contributed by atoms with Crippen LogP contribution in [0.15, 0.2) is 77.2 Å². The Kier molecular flexibility index (Phi) is 4.87. The van der Waals surface area contributed by atoms with Gasteiger partial charge < -0.3 is 19.2 Å². The van der Waals surface area contributed by atoms with E-state index in [0.29, 0.717) is 22.6 Å². The number of likely N-dealkylation sites (tertiary alicyclic amines) is 1. The second-order valence-electron chi connectivity index (χ2n) is 6.52. The summed E-state index contributed by atoms with van der Waals surface area (Å²) in [5.41, 5.74) is 1.11. The number of hydrogen-bond acceptors (Lipinski definition) is 6. The van der Waals surface area contributed by atoms with Crippen molar-refractivity contribution in [3.63, 3.8) is 0 Å². The molecule has 0 radical (unpaired) electrons. The molecule has 1 fully saturated rings. The Bertz CT molecular complexity index is 1060. The summed E-state index contributed by atoms with van der Waals surface area (Å²) in [4.78, 5) is 31.0. The predicted octanol–water partition coefficient (Wildman–Crippen LogP) is 3.31. The molecule has 7 heteroatoms. The normalized spacial score (nSPS) is 18.2. The number of aromatic nitrogens is 1. The zero-order valence-corrected chi connectivity index (χ0v) is 15.6. The number of hydrogen-bond donors (Lipinski definition) is 1. The Morgan fingerprint density at radius 2 is 1.86 bits per heavy atom. The number of rotatable bonds is 5. The van der Waals surface area contributed by atoms with E-state index < -0.39 is 17.7 Å². The molecule has 1 atom stereocenters. The van der Waals surface area contributed by atoms with Crippen molar-refractivity contribution >= 4 is 17.4 Å². The fraction of sp³-hybridized carbons (Fsp3) is 0.136. The zero-order chi connectivity index (χ0) is 20.4. The summed E-state index contributed by atoms with van der Waals surface area (Å²) in [7, 11) is 1.56. The van der Waals surface area contributed by atoms with E-state index in [4.69, 9.17) is 9.15 Å². The molecule has 146 valence electrons. The summed E-state index contributed by atoms with van der Waals surface area (Å²) in [6, 6.07) is 12.9. The van der Waals surface area contributed by atoms with Crippen molar-refractivity contribution in [3.8, 4) is 5.75 Å². The number of benzene rings is 1. The minimum Gasteiger partial charge on any atom is -0.507 e. The van der Waals surface area contributed by atoms with Gasteiger partial charge in [0.2, 0.25) is 0 Å². The summed E-state index contributed by atoms with van der Waals surface area (Å²) in [6.07, 6.45) is 4.53. The Hall–Kier alpha value is -3.87. The predicted molar refractivity (Wildman–Crippen MR) is 104 cm³/mol. The first kappa shape index (κ1) is 18.5. The van der Waals surface area contributed by atoms with Crippen molar-refractivity contribution in [2.45, 2.75) is 12.6 Å². The first-order valence-corrected chi connectivity index (χ1v) is 8.95. The molecule has 3 heterocycles. The maximum Gasteiger partial charge on any atom is 0.296 e. The largest absolute Gasteiger partial charge is 0.507 e. The van der Waals surface area contributed by atoms with Crippen LogP contribution in [0.4, 0.5) is 0 Å². The number of ether oxygens (including phenoxy) is 1. The molecule has 0 bridgehead atoms. The Morgan fingerprint density at radius 1 is 1.14 bits per heavy atom. The number of aliphatic hydroxyl groups is 1. The molecule has 1 aliphatic heterocycles. The van der Waals surface area contributed by atoms with Crippen molar-refractivity contribution in [1.82, 2.24) is 9.88 Å². The molecule has 1 N–H and O–H groups in total. The summed E-state index contributed by atoms with van der Waals surface area (Å²) >= 11 is 0. The van der Waals surface area contributed by atoms with Gasteiger partial charge in [0.25, 0.3) is 11.7 Å². The smallest absolute Gasteiger partial charge is 0.296 e. The molecule has 1 unspecified atom stereocenters. The molecule has 1 amide bonds. The number of Topliss-reactive ketones (excluding diaryl/α,β-unsaturated/α-hetero) is 1. The van der Waals surface area contributed by atoms with E-state index in [2.05, 4.69) is 4.98 Å². The van der Waals surface area contributed by atoms with Gasteiger partial charge in [-0.3, -0.25) is 14.6 Å². The van der Waals surface area contributed by atoms with Crippen LogP contribution in [-0.4, -0.2) is 33.8 Å². The van der Waals surface area contributed by atoms with Crippen LogP contribution in [0, 0.1) is 0 Å². The van der Waals surface area contributed by atoms with Gasteiger partial charge in [-0.05, 0) is 42.0 Å². The summed E-state index contributed by atoms with van der Waals surface area (Å²) in [6.45, 7) is 0.0986. The second-order valence-corrected chi connectivity index (χ2v) is 6.52. The van der Waals surface area contributed by atoms with Crippen molar-refractivity contribution < 1.29 is 23.8 Å². The minimum atomic E-state index is -0.765. The molecule has 29 heavy (non-hydrogen) atoms. The lowest BCUT2D eigenvalue weighted by molar-refractivity contribution is -0.140. The van der Waals surface area contributed by atoms with E-state index in [1.165, 1.54) is 23.6 Å². The number of pyridine rings is 1. The standard InChI is InChI=1S/C22H18N2O5/c1-28-16-6-4-14(5-7-16)19-18(20(25)15-8-10-23-11-9-15)21(26)22(27)24(19)13-17-3-2-12-29-17/h2-12,19,25H,13H2,1H3/b20-18-. The highest BCUT2D eigenvalue weighted by Gasteiger charge is 2.46. The molecule has 0 spiro atoms. The quantitative estimate of drug-likeness (QED) is 0.408. The third-order valence-electron chi connectivity index (χ3n) is 4.83. The Morgan fingerprint density at radius 3 is 2.48 bits per heavy atom. The van der Waals surface area contributed by atoms with Crippen molar-refractivity contribution in [1.29, 1.82) is 0 Å². The maximum atomic E-state index is 12.9. The number of aliphatic hydroxyl groups excluding tert-OH is 1. The monoisotopic (exact) mass is 390 g/mol. The van der Waals surface area contributed by atoms with Crippen molar-refractivity contribution in [2.75, 3.05) is 7.11 Å². The molecule has 4 rings (SSSR count). The average molecular weight is 390 g/mol. The van der Waals surface area contributed by atoms with E-state index in [0.717, 1.165) is 0 Å². The summed E-state index contributed by atoms with van der Waals surface area (Å²) in [5, 5.41) is 10.9. The van der Waals surface area contributed by atoms with Gasteiger partial charge in [-0.1, -0.05) is 12.1 Å². The number of furan rings is 1. The number of ketones is 1. The van der Waals surface area contributed by atoms with Crippen LogP contribution in [0.2, 0.25) is 0 Å². The van der Waals surface area contributed by atoms with Gasteiger partial charge in [-0.25, -0.2) is 0 Å². The van der Waals surface area contributed by atoms with Crippen molar-refractivity contribution in [3.05, 3.63) is 89.6 Å². The van der Waals surface area contributed by atoms with E-state index in [1.807, 2.05) is 0 Å². The molecule has 1 saturated heterocycles. The summed E-state index contributed by atoms with van der Waals surface area (Å²) < 4.78 is 10.6. The van der Waals surface area contributed by atoms with Gasteiger partial charge in [0.15, 0.2) is 0 Å². The fourth-order valence-electron chi connectivity index (χ4n) is 3.41. The number of carbonyl (C=O) groups excluding carboxylic acids is 2. The highest BCUT2D eigenvalue weighted by molar-refractivity contribution is 6.46. The van der Waals surface area contributed by atoms with Crippen LogP contribution in [-0.2, 0) is 16.1 Å². The molecule has 1 aromatic carbocycles. The number of methoxy groups -OCH3 is 1. The third-order valence-corrected chi connectivity index (χ3v) is 4.83. The molecule has 3 aromatic rings. The molecule has 7 nitrogen and oxygen atoms in total. The van der Waals surface area contributed by atoms with E-state index in [9.17, 15) is 14.7 Å². The molecular formula is C22H18N2O5. The second kappa shape index (κ2) is 7.63. The lowest BCUT2D eigenvalue weighted by atomic mass is 9.95. The first-order chi connectivity index (χ1) is 14.1. The lowest BCUT2D eigenvalue weighted by Crippen LogP contribution is -2.29. The van der Waals surface area contributed by atoms with Gasteiger partial charge in [-0.15, -0.1) is 0 Å².